The van der Waals surface area contributed by atoms with Gasteiger partial charge in [-0.05, 0) is 37.1 Å². The summed E-state index contributed by atoms with van der Waals surface area (Å²) in [5.41, 5.74) is 1.93. The molecule has 0 aliphatic carbocycles. The lowest BCUT2D eigenvalue weighted by molar-refractivity contribution is -0.117. The third-order valence-corrected chi connectivity index (χ3v) is 6.60. The maximum absolute atomic E-state index is 12.5. The normalized spacial score (nSPS) is 14.4. The molecule has 0 saturated carbocycles. The number of carbonyl (C=O) groups is 2. The third-order valence-electron chi connectivity index (χ3n) is 4.02. The predicted octanol–water partition coefficient (Wildman–Crippen LogP) is 2.12. The Morgan fingerprint density at radius 3 is 2.74 bits per heavy atom. The van der Waals surface area contributed by atoms with Crippen molar-refractivity contribution in [3.8, 4) is 0 Å². The summed E-state index contributed by atoms with van der Waals surface area (Å²) in [7, 11) is -3.93. The molecule has 2 N–H and O–H groups in total. The Bertz CT molecular complexity index is 986. The van der Waals surface area contributed by atoms with Crippen LogP contribution in [0.25, 0.3) is 0 Å². The summed E-state index contributed by atoms with van der Waals surface area (Å²) in [4.78, 5) is 25.0. The Morgan fingerprint density at radius 2 is 2.11 bits per heavy atom. The van der Waals surface area contributed by atoms with Gasteiger partial charge in [0.1, 0.15) is 0 Å². The molecule has 2 amide bonds. The number of amides is 2. The molecule has 0 radical (unpaired) electrons. The number of rotatable bonds is 6. The number of carbonyl (C=O) groups excluding carboxylic acids is 2. The summed E-state index contributed by atoms with van der Waals surface area (Å²) < 4.78 is 27.2. The Hall–Kier alpha value is -2.53. The molecule has 1 aliphatic rings. The van der Waals surface area contributed by atoms with Crippen molar-refractivity contribution in [2.75, 3.05) is 21.5 Å². The molecule has 2 heterocycles. The van der Waals surface area contributed by atoms with Gasteiger partial charge in [0.25, 0.3) is 14.4 Å². The standard InChI is InChI=1S/C16H19N5O4S2/c1-3-13(22)17-15-18-19-16(26-15)27(24,25)20-11-6-7-12(10(2)9-11)21-8-4-5-14(21)23/h6-7,9,20H,3-5,8H2,1-2H3,(H,17,18,22). The molecular weight excluding hydrogens is 390 g/mol. The molecular formula is C16H19N5O4S2. The number of nitrogens with one attached hydrogen (secondary N) is 2. The molecule has 1 aromatic heterocycles. The van der Waals surface area contributed by atoms with Gasteiger partial charge in [0, 0.05) is 30.8 Å². The number of benzene rings is 1. The van der Waals surface area contributed by atoms with Crippen molar-refractivity contribution in [2.45, 2.75) is 37.4 Å². The Balaban J connectivity index is 1.77. The van der Waals surface area contributed by atoms with Crippen LogP contribution in [0.1, 0.15) is 31.7 Å². The molecule has 144 valence electrons. The minimum absolute atomic E-state index is 0.0712. The molecule has 1 aromatic carbocycles. The first-order chi connectivity index (χ1) is 12.8. The van der Waals surface area contributed by atoms with Crippen LogP contribution in [0.4, 0.5) is 16.5 Å². The minimum Gasteiger partial charge on any atom is -0.312 e. The zero-order valence-corrected chi connectivity index (χ0v) is 16.5. The lowest BCUT2D eigenvalue weighted by Gasteiger charge is -2.19. The number of hydrogen-bond donors (Lipinski definition) is 2. The molecule has 0 spiro atoms. The number of aromatic nitrogens is 2. The summed E-state index contributed by atoms with van der Waals surface area (Å²) in [6, 6.07) is 5.00. The van der Waals surface area contributed by atoms with E-state index in [0.717, 1.165) is 29.0 Å². The molecule has 0 atom stereocenters. The summed E-state index contributed by atoms with van der Waals surface area (Å²) in [5.74, 6) is -0.201. The van der Waals surface area contributed by atoms with Gasteiger partial charge in [-0.2, -0.15) is 8.42 Å². The second-order valence-corrected chi connectivity index (χ2v) is 8.86. The van der Waals surface area contributed by atoms with Gasteiger partial charge >= 0.3 is 0 Å². The van der Waals surface area contributed by atoms with E-state index in [1.54, 1.807) is 30.0 Å². The number of anilines is 3. The van der Waals surface area contributed by atoms with E-state index in [4.69, 9.17) is 0 Å². The van der Waals surface area contributed by atoms with E-state index in [0.29, 0.717) is 18.7 Å². The third kappa shape index (κ3) is 4.25. The molecule has 3 rings (SSSR count). The van der Waals surface area contributed by atoms with Crippen LogP contribution >= 0.6 is 11.3 Å². The SMILES string of the molecule is CCC(=O)Nc1nnc(S(=O)(=O)Nc2ccc(N3CCCC3=O)c(C)c2)s1. The first-order valence-corrected chi connectivity index (χ1v) is 10.7. The average Bonchev–Trinajstić information content (AvgIpc) is 3.24. The second kappa shape index (κ2) is 7.61. The molecule has 1 saturated heterocycles. The zero-order valence-electron chi connectivity index (χ0n) is 14.9. The highest BCUT2D eigenvalue weighted by atomic mass is 32.2. The van der Waals surface area contributed by atoms with Gasteiger partial charge in [0.2, 0.25) is 16.9 Å². The highest BCUT2D eigenvalue weighted by Crippen LogP contribution is 2.29. The topological polar surface area (TPSA) is 121 Å². The molecule has 11 heteroatoms. The van der Waals surface area contributed by atoms with Gasteiger partial charge in [-0.25, -0.2) is 0 Å². The maximum atomic E-state index is 12.5. The molecule has 9 nitrogen and oxygen atoms in total. The van der Waals surface area contributed by atoms with Crippen LogP contribution in [0.2, 0.25) is 0 Å². The number of nitrogens with zero attached hydrogens (tertiary/aromatic N) is 3. The van der Waals surface area contributed by atoms with Crippen LogP contribution in [0, 0.1) is 6.92 Å². The summed E-state index contributed by atoms with van der Waals surface area (Å²) >= 11 is 0.773. The second-order valence-electron chi connectivity index (χ2n) is 6.03. The molecule has 0 unspecified atom stereocenters. The lowest BCUT2D eigenvalue weighted by Crippen LogP contribution is -2.24. The van der Waals surface area contributed by atoms with Crippen LogP contribution < -0.4 is 14.9 Å². The fourth-order valence-electron chi connectivity index (χ4n) is 2.70. The summed E-state index contributed by atoms with van der Waals surface area (Å²) in [5, 5.41) is 9.91. The minimum atomic E-state index is -3.93. The van der Waals surface area contributed by atoms with Gasteiger partial charge in [-0.3, -0.25) is 14.3 Å². The maximum Gasteiger partial charge on any atom is 0.291 e. The largest absolute Gasteiger partial charge is 0.312 e. The molecule has 0 bridgehead atoms. The first-order valence-electron chi connectivity index (χ1n) is 8.37. The van der Waals surface area contributed by atoms with Gasteiger partial charge in [0.05, 0.1) is 0 Å². The first kappa shape index (κ1) is 19.2. The van der Waals surface area contributed by atoms with E-state index in [2.05, 4.69) is 20.2 Å². The van der Waals surface area contributed by atoms with E-state index in [9.17, 15) is 18.0 Å². The number of aryl methyl sites for hydroxylation is 1. The smallest absolute Gasteiger partial charge is 0.291 e. The van der Waals surface area contributed by atoms with Crippen LogP contribution in [0.3, 0.4) is 0 Å². The van der Waals surface area contributed by atoms with Crippen molar-refractivity contribution >= 4 is 49.7 Å². The van der Waals surface area contributed by atoms with Crippen LogP contribution in [0.5, 0.6) is 0 Å². The monoisotopic (exact) mass is 409 g/mol. The molecule has 1 fully saturated rings. The van der Waals surface area contributed by atoms with Gasteiger partial charge < -0.3 is 10.2 Å². The van der Waals surface area contributed by atoms with Crippen molar-refractivity contribution in [1.29, 1.82) is 0 Å². The van der Waals surface area contributed by atoms with Gasteiger partial charge in [0.15, 0.2) is 0 Å². The van der Waals surface area contributed by atoms with Crippen molar-refractivity contribution < 1.29 is 18.0 Å². The van der Waals surface area contributed by atoms with E-state index in [1.807, 2.05) is 6.92 Å². The van der Waals surface area contributed by atoms with Crippen molar-refractivity contribution in [1.82, 2.24) is 10.2 Å². The summed E-state index contributed by atoms with van der Waals surface area (Å²) in [6.45, 7) is 4.17. The Morgan fingerprint density at radius 1 is 1.33 bits per heavy atom. The molecule has 2 aromatic rings. The van der Waals surface area contributed by atoms with E-state index >= 15 is 0 Å². The molecule has 27 heavy (non-hydrogen) atoms. The van der Waals surface area contributed by atoms with Crippen molar-refractivity contribution in [2.24, 2.45) is 0 Å². The highest BCUT2D eigenvalue weighted by Gasteiger charge is 2.24. The fraction of sp³-hybridized carbons (Fsp3) is 0.375. The Kier molecular flexibility index (Phi) is 5.42. The van der Waals surface area contributed by atoms with Crippen LogP contribution in [0.15, 0.2) is 22.5 Å². The van der Waals surface area contributed by atoms with Crippen molar-refractivity contribution in [3.63, 3.8) is 0 Å². The Labute approximate surface area is 160 Å². The fourth-order valence-corrected chi connectivity index (χ4v) is 4.67. The van der Waals surface area contributed by atoms with Crippen LogP contribution in [-0.4, -0.2) is 37.0 Å². The molecule has 1 aliphatic heterocycles. The van der Waals surface area contributed by atoms with E-state index in [-0.39, 0.29) is 27.7 Å². The quantitative estimate of drug-likeness (QED) is 0.705. The zero-order chi connectivity index (χ0) is 19.6. The average molecular weight is 409 g/mol. The van der Waals surface area contributed by atoms with E-state index in [1.165, 1.54) is 0 Å². The highest BCUT2D eigenvalue weighted by molar-refractivity contribution is 7.94. The van der Waals surface area contributed by atoms with Crippen LogP contribution in [-0.2, 0) is 19.6 Å². The van der Waals surface area contributed by atoms with E-state index < -0.39 is 10.0 Å². The van der Waals surface area contributed by atoms with Gasteiger partial charge in [-0.1, -0.05) is 18.3 Å². The number of hydrogen-bond acceptors (Lipinski definition) is 7. The predicted molar refractivity (Wildman–Crippen MR) is 102 cm³/mol. The summed E-state index contributed by atoms with van der Waals surface area (Å²) in [6.07, 6.45) is 1.60. The van der Waals surface area contributed by atoms with Gasteiger partial charge in [-0.15, -0.1) is 10.2 Å². The number of sulfonamides is 1. The van der Waals surface area contributed by atoms with Crippen molar-refractivity contribution in [3.05, 3.63) is 23.8 Å². The lowest BCUT2D eigenvalue weighted by atomic mass is 10.1.